The molecule has 2 nitrogen and oxygen atoms in total. The van der Waals surface area contributed by atoms with Crippen LogP contribution in [0.3, 0.4) is 0 Å². The lowest BCUT2D eigenvalue weighted by Gasteiger charge is -2.16. The molecule has 0 heterocycles. The van der Waals surface area contributed by atoms with Gasteiger partial charge in [0, 0.05) is 16.1 Å². The van der Waals surface area contributed by atoms with E-state index in [0.29, 0.717) is 16.6 Å². The van der Waals surface area contributed by atoms with E-state index in [4.69, 9.17) is 11.6 Å². The third kappa shape index (κ3) is 4.22. The number of benzene rings is 1. The highest BCUT2D eigenvalue weighted by Gasteiger charge is 2.18. The average Bonchev–Trinajstić information content (AvgIpc) is 2.58. The average molecular weight is 345 g/mol. The number of carbonyl (C=O) groups excluding carboxylic acids is 1. The first-order valence-corrected chi connectivity index (χ1v) is 7.99. The van der Waals surface area contributed by atoms with E-state index < -0.39 is 0 Å². The lowest BCUT2D eigenvalue weighted by atomic mass is 10.0. The van der Waals surface area contributed by atoms with Crippen LogP contribution in [0.15, 0.2) is 22.7 Å². The molecule has 104 valence electrons. The maximum absolute atomic E-state index is 12.2. The normalized spacial score (nSPS) is 23.7. The number of hydrogen-bond donors (Lipinski definition) is 1. The molecule has 0 aliphatic heterocycles. The molecule has 4 heteroatoms. The van der Waals surface area contributed by atoms with Crippen molar-refractivity contribution in [2.45, 2.75) is 45.1 Å². The number of hydrogen-bond acceptors (Lipinski definition) is 1. The van der Waals surface area contributed by atoms with Crippen LogP contribution >= 0.6 is 27.5 Å². The van der Waals surface area contributed by atoms with Crippen LogP contribution in [0.2, 0.25) is 5.02 Å². The van der Waals surface area contributed by atoms with Crippen LogP contribution in [0, 0.1) is 5.92 Å². The summed E-state index contributed by atoms with van der Waals surface area (Å²) in [5.41, 5.74) is 0.661. The van der Waals surface area contributed by atoms with E-state index in [1.807, 2.05) is 0 Å². The van der Waals surface area contributed by atoms with Crippen molar-refractivity contribution >= 4 is 33.4 Å². The summed E-state index contributed by atoms with van der Waals surface area (Å²) in [6.07, 6.45) is 5.86. The van der Waals surface area contributed by atoms with Crippen molar-refractivity contribution < 1.29 is 4.79 Å². The number of rotatable bonds is 2. The van der Waals surface area contributed by atoms with Gasteiger partial charge in [-0.15, -0.1) is 0 Å². The van der Waals surface area contributed by atoms with Gasteiger partial charge >= 0.3 is 0 Å². The van der Waals surface area contributed by atoms with Gasteiger partial charge in [-0.2, -0.15) is 0 Å². The monoisotopic (exact) mass is 343 g/mol. The van der Waals surface area contributed by atoms with Gasteiger partial charge in [0.2, 0.25) is 0 Å². The Kier molecular flexibility index (Phi) is 5.28. The standard InChI is InChI=1S/C15H19BrClNO/c1-10-3-2-4-12(7-5-10)18-15(19)11-6-8-14(17)13(16)9-11/h6,8-10,12H,2-5,7H2,1H3,(H,18,19). The fraction of sp³-hybridized carbons (Fsp3) is 0.533. The number of carbonyl (C=O) groups is 1. The SMILES string of the molecule is CC1CCCC(NC(=O)c2ccc(Cl)c(Br)c2)CC1. The number of amides is 1. The summed E-state index contributed by atoms with van der Waals surface area (Å²) in [4.78, 5) is 12.2. The first-order chi connectivity index (χ1) is 9.06. The van der Waals surface area contributed by atoms with E-state index in [1.165, 1.54) is 19.3 Å². The largest absolute Gasteiger partial charge is 0.349 e. The van der Waals surface area contributed by atoms with Crippen LogP contribution in [-0.2, 0) is 0 Å². The van der Waals surface area contributed by atoms with E-state index in [0.717, 1.165) is 23.2 Å². The molecule has 1 aliphatic rings. The predicted molar refractivity (Wildman–Crippen MR) is 82.7 cm³/mol. The van der Waals surface area contributed by atoms with E-state index >= 15 is 0 Å². The molecule has 1 amide bonds. The molecule has 2 unspecified atom stereocenters. The Morgan fingerprint density at radius 3 is 2.84 bits per heavy atom. The molecule has 1 N–H and O–H groups in total. The molecule has 19 heavy (non-hydrogen) atoms. The zero-order chi connectivity index (χ0) is 13.8. The molecule has 1 aromatic rings. The van der Waals surface area contributed by atoms with Gasteiger partial charge in [0.05, 0.1) is 5.02 Å². The number of nitrogens with one attached hydrogen (secondary N) is 1. The summed E-state index contributed by atoms with van der Waals surface area (Å²) in [7, 11) is 0. The lowest BCUT2D eigenvalue weighted by molar-refractivity contribution is 0.0933. The Hall–Kier alpha value is -0.540. The van der Waals surface area contributed by atoms with Gasteiger partial charge < -0.3 is 5.32 Å². The van der Waals surface area contributed by atoms with Crippen molar-refractivity contribution in [1.29, 1.82) is 0 Å². The van der Waals surface area contributed by atoms with Gasteiger partial charge in [-0.05, 0) is 59.3 Å². The van der Waals surface area contributed by atoms with E-state index in [-0.39, 0.29) is 5.91 Å². The summed E-state index contributed by atoms with van der Waals surface area (Å²) in [5, 5.41) is 3.76. The summed E-state index contributed by atoms with van der Waals surface area (Å²) in [6.45, 7) is 2.29. The highest BCUT2D eigenvalue weighted by molar-refractivity contribution is 9.10. The molecule has 0 aromatic heterocycles. The first-order valence-electron chi connectivity index (χ1n) is 6.82. The Morgan fingerprint density at radius 1 is 1.32 bits per heavy atom. The molecule has 1 aliphatic carbocycles. The zero-order valence-electron chi connectivity index (χ0n) is 11.1. The molecule has 2 atom stereocenters. The molecular weight excluding hydrogens is 326 g/mol. The summed E-state index contributed by atoms with van der Waals surface area (Å²) < 4.78 is 0.760. The van der Waals surface area contributed by atoms with Crippen LogP contribution in [0.5, 0.6) is 0 Å². The quantitative estimate of drug-likeness (QED) is 0.767. The van der Waals surface area contributed by atoms with Gasteiger partial charge in [0.1, 0.15) is 0 Å². The molecule has 2 rings (SSSR count). The molecule has 1 saturated carbocycles. The van der Waals surface area contributed by atoms with Crippen LogP contribution < -0.4 is 5.32 Å². The fourth-order valence-corrected chi connectivity index (χ4v) is 3.03. The molecule has 0 saturated heterocycles. The molecule has 1 fully saturated rings. The van der Waals surface area contributed by atoms with Crippen LogP contribution in [0.25, 0.3) is 0 Å². The van der Waals surface area contributed by atoms with E-state index in [2.05, 4.69) is 28.2 Å². The lowest BCUT2D eigenvalue weighted by Crippen LogP contribution is -2.34. The van der Waals surface area contributed by atoms with Crippen molar-refractivity contribution in [3.05, 3.63) is 33.3 Å². The highest BCUT2D eigenvalue weighted by atomic mass is 79.9. The van der Waals surface area contributed by atoms with Crippen molar-refractivity contribution in [3.63, 3.8) is 0 Å². The van der Waals surface area contributed by atoms with Crippen LogP contribution in [0.1, 0.15) is 49.4 Å². The smallest absolute Gasteiger partial charge is 0.251 e. The van der Waals surface area contributed by atoms with Crippen molar-refractivity contribution in [2.75, 3.05) is 0 Å². The summed E-state index contributed by atoms with van der Waals surface area (Å²) in [6, 6.07) is 5.60. The maximum atomic E-state index is 12.2. The highest BCUT2D eigenvalue weighted by Crippen LogP contribution is 2.25. The Morgan fingerprint density at radius 2 is 2.11 bits per heavy atom. The van der Waals surface area contributed by atoms with Gasteiger partial charge in [-0.3, -0.25) is 4.79 Å². The van der Waals surface area contributed by atoms with Crippen molar-refractivity contribution in [1.82, 2.24) is 5.32 Å². The maximum Gasteiger partial charge on any atom is 0.251 e. The van der Waals surface area contributed by atoms with Gasteiger partial charge in [0.15, 0.2) is 0 Å². The van der Waals surface area contributed by atoms with Gasteiger partial charge in [0.25, 0.3) is 5.91 Å². The van der Waals surface area contributed by atoms with Gasteiger partial charge in [-0.25, -0.2) is 0 Å². The summed E-state index contributed by atoms with van der Waals surface area (Å²) in [5.74, 6) is 0.781. The molecule has 1 aromatic carbocycles. The second-order valence-electron chi connectivity index (χ2n) is 5.41. The predicted octanol–water partition coefficient (Wildman–Crippen LogP) is 4.80. The second-order valence-corrected chi connectivity index (χ2v) is 6.67. The number of halogens is 2. The molecule has 0 bridgehead atoms. The summed E-state index contributed by atoms with van der Waals surface area (Å²) >= 11 is 9.28. The first kappa shape index (κ1) is 14.9. The van der Waals surface area contributed by atoms with Gasteiger partial charge in [-0.1, -0.05) is 31.4 Å². The Balaban J connectivity index is 1.98. The van der Waals surface area contributed by atoms with Crippen LogP contribution in [0.4, 0.5) is 0 Å². The van der Waals surface area contributed by atoms with E-state index in [9.17, 15) is 4.79 Å². The minimum atomic E-state index is -0.00285. The van der Waals surface area contributed by atoms with E-state index in [1.54, 1.807) is 18.2 Å². The third-order valence-electron chi connectivity index (χ3n) is 3.77. The van der Waals surface area contributed by atoms with Crippen molar-refractivity contribution in [2.24, 2.45) is 5.92 Å². The third-order valence-corrected chi connectivity index (χ3v) is 4.99. The fourth-order valence-electron chi connectivity index (χ4n) is 2.54. The molecule has 0 spiro atoms. The topological polar surface area (TPSA) is 29.1 Å². The second kappa shape index (κ2) is 6.76. The van der Waals surface area contributed by atoms with Crippen molar-refractivity contribution in [3.8, 4) is 0 Å². The minimum Gasteiger partial charge on any atom is -0.349 e. The minimum absolute atomic E-state index is 0.00285. The Bertz CT molecular complexity index is 463. The zero-order valence-corrected chi connectivity index (χ0v) is 13.4. The Labute approximate surface area is 128 Å². The van der Waals surface area contributed by atoms with Crippen LogP contribution in [-0.4, -0.2) is 11.9 Å². The molecule has 0 radical (unpaired) electrons. The molecular formula is C15H19BrClNO.